The molecule has 1 aliphatic rings. The molecule has 6 nitrogen and oxygen atoms in total. The number of carbonyl (C=O) groups is 1. The van der Waals surface area contributed by atoms with E-state index in [2.05, 4.69) is 16.5 Å². The summed E-state index contributed by atoms with van der Waals surface area (Å²) in [7, 11) is 1.88. The van der Waals surface area contributed by atoms with E-state index in [1.165, 1.54) is 0 Å². The normalized spacial score (nSPS) is 17.5. The Kier molecular flexibility index (Phi) is 4.09. The van der Waals surface area contributed by atoms with Crippen molar-refractivity contribution < 1.29 is 9.53 Å². The third-order valence-electron chi connectivity index (χ3n) is 4.08. The minimum Gasteiger partial charge on any atom is -0.381 e. The van der Waals surface area contributed by atoms with Crippen molar-refractivity contribution in [2.45, 2.75) is 33.2 Å². The lowest BCUT2D eigenvalue weighted by molar-refractivity contribution is -0.132. The smallest absolute Gasteiger partial charge is 0.240 e. The summed E-state index contributed by atoms with van der Waals surface area (Å²) in [4.78, 5) is 12.3. The van der Waals surface area contributed by atoms with Gasteiger partial charge in [-0.3, -0.25) is 9.48 Å². The molecule has 1 N–H and O–H groups in total. The van der Waals surface area contributed by atoms with Gasteiger partial charge in [0.25, 0.3) is 0 Å². The summed E-state index contributed by atoms with van der Waals surface area (Å²) in [6.45, 7) is 5.23. The number of rotatable bonds is 3. The molecule has 1 aliphatic heterocycles. The van der Waals surface area contributed by atoms with E-state index in [9.17, 15) is 10.1 Å². The van der Waals surface area contributed by atoms with Gasteiger partial charge in [-0.05, 0) is 26.7 Å². The zero-order valence-electron chi connectivity index (χ0n) is 12.2. The van der Waals surface area contributed by atoms with Crippen LogP contribution < -0.4 is 5.32 Å². The third kappa shape index (κ3) is 2.54. The van der Waals surface area contributed by atoms with Gasteiger partial charge in [0.1, 0.15) is 5.41 Å². The number of carbonyl (C=O) groups excluding carboxylic acids is 1. The minimum absolute atomic E-state index is 0.203. The lowest BCUT2D eigenvalue weighted by atomic mass is 9.81. The van der Waals surface area contributed by atoms with Crippen molar-refractivity contribution in [3.05, 3.63) is 17.0 Å². The van der Waals surface area contributed by atoms with Gasteiger partial charge < -0.3 is 10.1 Å². The van der Waals surface area contributed by atoms with E-state index >= 15 is 0 Å². The molecule has 0 bridgehead atoms. The molecule has 1 fully saturated rings. The molecule has 6 heteroatoms. The number of hydrogen-bond donors (Lipinski definition) is 1. The molecule has 0 aromatic carbocycles. The topological polar surface area (TPSA) is 79.9 Å². The van der Waals surface area contributed by atoms with E-state index in [-0.39, 0.29) is 5.91 Å². The largest absolute Gasteiger partial charge is 0.381 e. The molecule has 0 saturated carbocycles. The predicted molar refractivity (Wildman–Crippen MR) is 72.6 cm³/mol. The van der Waals surface area contributed by atoms with Crippen LogP contribution in [0, 0.1) is 30.6 Å². The highest BCUT2D eigenvalue weighted by molar-refractivity contribution is 5.85. The Morgan fingerprint density at radius 3 is 2.65 bits per heavy atom. The van der Waals surface area contributed by atoms with Gasteiger partial charge in [0.15, 0.2) is 0 Å². The fraction of sp³-hybridized carbons (Fsp3) is 0.643. The van der Waals surface area contributed by atoms with Crippen LogP contribution in [0.2, 0.25) is 0 Å². The van der Waals surface area contributed by atoms with Gasteiger partial charge in [-0.2, -0.15) is 10.4 Å². The van der Waals surface area contributed by atoms with Crippen LogP contribution in [0.5, 0.6) is 0 Å². The Morgan fingerprint density at radius 2 is 2.15 bits per heavy atom. The highest BCUT2D eigenvalue weighted by Crippen LogP contribution is 2.30. The average molecular weight is 276 g/mol. The van der Waals surface area contributed by atoms with Gasteiger partial charge in [0.05, 0.1) is 11.8 Å². The van der Waals surface area contributed by atoms with Gasteiger partial charge in [-0.25, -0.2) is 0 Å². The molecular formula is C14H20N4O2. The summed E-state index contributed by atoms with van der Waals surface area (Å²) in [6.07, 6.45) is 0.917. The molecule has 2 heterocycles. The molecule has 1 aromatic heterocycles. The van der Waals surface area contributed by atoms with Gasteiger partial charge in [-0.1, -0.05) is 0 Å². The second-order valence-electron chi connectivity index (χ2n) is 5.26. The fourth-order valence-corrected chi connectivity index (χ4v) is 2.52. The number of nitrogens with zero attached hydrogens (tertiary/aromatic N) is 3. The molecular weight excluding hydrogens is 256 g/mol. The van der Waals surface area contributed by atoms with Crippen LogP contribution in [0.4, 0.5) is 0 Å². The molecule has 1 aromatic rings. The molecule has 108 valence electrons. The average Bonchev–Trinajstić information content (AvgIpc) is 2.70. The van der Waals surface area contributed by atoms with Gasteiger partial charge in [0.2, 0.25) is 5.91 Å². The molecule has 20 heavy (non-hydrogen) atoms. The SMILES string of the molecule is Cc1nn(C)c(C)c1CNC(=O)C1(C#N)CCOCC1. The van der Waals surface area contributed by atoms with Crippen LogP contribution in [-0.4, -0.2) is 28.9 Å². The highest BCUT2D eigenvalue weighted by atomic mass is 16.5. The Morgan fingerprint density at radius 1 is 1.50 bits per heavy atom. The summed E-state index contributed by atoms with van der Waals surface area (Å²) < 4.78 is 7.03. The van der Waals surface area contributed by atoms with Crippen molar-refractivity contribution in [2.75, 3.05) is 13.2 Å². The van der Waals surface area contributed by atoms with Crippen molar-refractivity contribution in [2.24, 2.45) is 12.5 Å². The maximum absolute atomic E-state index is 12.3. The summed E-state index contributed by atoms with van der Waals surface area (Å²) in [6, 6.07) is 2.18. The van der Waals surface area contributed by atoms with E-state index in [4.69, 9.17) is 4.74 Å². The number of amides is 1. The van der Waals surface area contributed by atoms with E-state index in [0.29, 0.717) is 32.6 Å². The van der Waals surface area contributed by atoms with Crippen LogP contribution in [-0.2, 0) is 23.1 Å². The minimum atomic E-state index is -0.942. The third-order valence-corrected chi connectivity index (χ3v) is 4.08. The maximum atomic E-state index is 12.3. The molecule has 0 spiro atoms. The zero-order valence-corrected chi connectivity index (χ0v) is 12.2. The summed E-state index contributed by atoms with van der Waals surface area (Å²) >= 11 is 0. The maximum Gasteiger partial charge on any atom is 0.240 e. The van der Waals surface area contributed by atoms with Crippen molar-refractivity contribution in [3.8, 4) is 6.07 Å². The molecule has 1 amide bonds. The molecule has 2 rings (SSSR count). The van der Waals surface area contributed by atoms with Crippen LogP contribution in [0.3, 0.4) is 0 Å². The van der Waals surface area contributed by atoms with Crippen molar-refractivity contribution in [3.63, 3.8) is 0 Å². The summed E-state index contributed by atoms with van der Waals surface area (Å²) in [5.41, 5.74) is 2.01. The van der Waals surface area contributed by atoms with Crippen molar-refractivity contribution in [1.29, 1.82) is 5.26 Å². The molecule has 0 unspecified atom stereocenters. The molecule has 0 aliphatic carbocycles. The second kappa shape index (κ2) is 5.63. The Labute approximate surface area is 118 Å². The predicted octanol–water partition coefficient (Wildman–Crippen LogP) is 0.974. The number of ether oxygens (including phenoxy) is 1. The lowest BCUT2D eigenvalue weighted by Crippen LogP contribution is -2.43. The van der Waals surface area contributed by atoms with Crippen molar-refractivity contribution in [1.82, 2.24) is 15.1 Å². The number of hydrogen-bond acceptors (Lipinski definition) is 4. The zero-order chi connectivity index (χ0) is 14.8. The van der Waals surface area contributed by atoms with Crippen LogP contribution in [0.25, 0.3) is 0 Å². The fourth-order valence-electron chi connectivity index (χ4n) is 2.52. The first-order valence-electron chi connectivity index (χ1n) is 6.76. The van der Waals surface area contributed by atoms with E-state index in [1.54, 1.807) is 4.68 Å². The second-order valence-corrected chi connectivity index (χ2v) is 5.26. The van der Waals surface area contributed by atoms with Crippen LogP contribution in [0.1, 0.15) is 29.8 Å². The molecule has 0 atom stereocenters. The molecule has 0 radical (unpaired) electrons. The molecule has 1 saturated heterocycles. The van der Waals surface area contributed by atoms with Gasteiger partial charge in [0, 0.05) is 38.1 Å². The summed E-state index contributed by atoms with van der Waals surface area (Å²) in [5, 5.41) is 16.5. The van der Waals surface area contributed by atoms with Crippen LogP contribution in [0.15, 0.2) is 0 Å². The standard InChI is InChI=1S/C14H20N4O2/c1-10-12(11(2)18(3)17-10)8-16-13(19)14(9-15)4-6-20-7-5-14/h4-8H2,1-3H3,(H,16,19). The first-order valence-corrected chi connectivity index (χ1v) is 6.76. The van der Waals surface area contributed by atoms with Gasteiger partial charge >= 0.3 is 0 Å². The lowest BCUT2D eigenvalue weighted by Gasteiger charge is -2.29. The Hall–Kier alpha value is -1.87. The number of nitriles is 1. The van der Waals surface area contributed by atoms with Crippen LogP contribution >= 0.6 is 0 Å². The first kappa shape index (κ1) is 14.5. The monoisotopic (exact) mass is 276 g/mol. The highest BCUT2D eigenvalue weighted by Gasteiger charge is 2.40. The van der Waals surface area contributed by atoms with E-state index in [0.717, 1.165) is 17.0 Å². The number of nitrogens with one attached hydrogen (secondary N) is 1. The van der Waals surface area contributed by atoms with Crippen molar-refractivity contribution >= 4 is 5.91 Å². The van der Waals surface area contributed by atoms with E-state index < -0.39 is 5.41 Å². The first-order chi connectivity index (χ1) is 9.50. The summed E-state index contributed by atoms with van der Waals surface area (Å²) in [5.74, 6) is -0.203. The van der Waals surface area contributed by atoms with E-state index in [1.807, 2.05) is 20.9 Å². The quantitative estimate of drug-likeness (QED) is 0.892. The number of aryl methyl sites for hydroxylation is 2. The Bertz CT molecular complexity index is 550. The Balaban J connectivity index is 2.06. The number of aromatic nitrogens is 2. The van der Waals surface area contributed by atoms with Gasteiger partial charge in [-0.15, -0.1) is 0 Å².